The zero-order valence-corrected chi connectivity index (χ0v) is 11.4. The van der Waals surface area contributed by atoms with Crippen molar-refractivity contribution in [1.82, 2.24) is 15.0 Å². The van der Waals surface area contributed by atoms with Gasteiger partial charge in [0.2, 0.25) is 5.89 Å². The molecule has 0 saturated carbocycles. The minimum Gasteiger partial charge on any atom is -0.384 e. The molecule has 2 rings (SSSR count). The van der Waals surface area contributed by atoms with Gasteiger partial charge < -0.3 is 14.2 Å². The maximum atomic E-state index is 5.29. The van der Waals surface area contributed by atoms with E-state index in [0.29, 0.717) is 12.5 Å². The van der Waals surface area contributed by atoms with Crippen LogP contribution < -0.4 is 0 Å². The summed E-state index contributed by atoms with van der Waals surface area (Å²) < 4.78 is 10.3. The standard InChI is InChI=1S/C13H23N3O2/c1-3-16-7-4-11(5-8-16)10-13-14-12(15-18-13)6-9-17-2/h11H,3-10H2,1-2H3. The van der Waals surface area contributed by atoms with E-state index in [4.69, 9.17) is 9.26 Å². The summed E-state index contributed by atoms with van der Waals surface area (Å²) in [6.07, 6.45) is 4.14. The highest BCUT2D eigenvalue weighted by molar-refractivity contribution is 4.89. The summed E-state index contributed by atoms with van der Waals surface area (Å²) in [6, 6.07) is 0. The number of nitrogens with zero attached hydrogens (tertiary/aromatic N) is 3. The number of rotatable bonds is 6. The van der Waals surface area contributed by atoms with Crippen molar-refractivity contribution >= 4 is 0 Å². The number of ether oxygens (including phenoxy) is 1. The third kappa shape index (κ3) is 3.78. The lowest BCUT2D eigenvalue weighted by Crippen LogP contribution is -2.34. The molecule has 0 aliphatic carbocycles. The second-order valence-corrected chi connectivity index (χ2v) is 4.93. The highest BCUT2D eigenvalue weighted by Crippen LogP contribution is 2.20. The maximum absolute atomic E-state index is 5.29. The minimum absolute atomic E-state index is 0.647. The first-order valence-electron chi connectivity index (χ1n) is 6.84. The molecular weight excluding hydrogens is 230 g/mol. The molecule has 1 aromatic heterocycles. The summed E-state index contributed by atoms with van der Waals surface area (Å²) in [5, 5.41) is 3.97. The first kappa shape index (κ1) is 13.5. The molecule has 1 aliphatic heterocycles. The van der Waals surface area contributed by atoms with Crippen molar-refractivity contribution in [2.45, 2.75) is 32.6 Å². The lowest BCUT2D eigenvalue weighted by atomic mass is 9.93. The average molecular weight is 253 g/mol. The fraction of sp³-hybridized carbons (Fsp3) is 0.846. The molecule has 5 heteroatoms. The Bertz CT molecular complexity index is 346. The summed E-state index contributed by atoms with van der Waals surface area (Å²) >= 11 is 0. The first-order chi connectivity index (χ1) is 8.81. The Labute approximate surface area is 108 Å². The largest absolute Gasteiger partial charge is 0.384 e. The lowest BCUT2D eigenvalue weighted by molar-refractivity contribution is 0.184. The van der Waals surface area contributed by atoms with Crippen LogP contribution >= 0.6 is 0 Å². The van der Waals surface area contributed by atoms with Crippen LogP contribution in [0.1, 0.15) is 31.5 Å². The van der Waals surface area contributed by atoms with E-state index < -0.39 is 0 Å². The highest BCUT2D eigenvalue weighted by atomic mass is 16.5. The molecule has 18 heavy (non-hydrogen) atoms. The second-order valence-electron chi connectivity index (χ2n) is 4.93. The number of hydrogen-bond acceptors (Lipinski definition) is 5. The molecule has 1 saturated heterocycles. The van der Waals surface area contributed by atoms with E-state index in [0.717, 1.165) is 31.1 Å². The SMILES string of the molecule is CCN1CCC(Cc2nc(CCOC)no2)CC1. The molecular formula is C13H23N3O2. The van der Waals surface area contributed by atoms with Crippen LogP contribution in [0.5, 0.6) is 0 Å². The number of aromatic nitrogens is 2. The van der Waals surface area contributed by atoms with Crippen molar-refractivity contribution in [3.8, 4) is 0 Å². The molecule has 0 aromatic carbocycles. The van der Waals surface area contributed by atoms with Crippen molar-refractivity contribution < 1.29 is 9.26 Å². The zero-order valence-electron chi connectivity index (χ0n) is 11.4. The smallest absolute Gasteiger partial charge is 0.226 e. The molecule has 5 nitrogen and oxygen atoms in total. The van der Waals surface area contributed by atoms with Crippen LogP contribution in [-0.2, 0) is 17.6 Å². The molecule has 0 bridgehead atoms. The molecule has 0 amide bonds. The van der Waals surface area contributed by atoms with Gasteiger partial charge in [0.15, 0.2) is 5.82 Å². The Kier molecular flexibility index (Phi) is 5.13. The quantitative estimate of drug-likeness (QED) is 0.769. The number of piperidine rings is 1. The fourth-order valence-electron chi connectivity index (χ4n) is 2.42. The molecule has 0 unspecified atom stereocenters. The maximum Gasteiger partial charge on any atom is 0.226 e. The molecule has 102 valence electrons. The zero-order chi connectivity index (χ0) is 12.8. The molecule has 0 spiro atoms. The van der Waals surface area contributed by atoms with Gasteiger partial charge in [-0.2, -0.15) is 4.98 Å². The molecule has 0 radical (unpaired) electrons. The van der Waals surface area contributed by atoms with Gasteiger partial charge in [0.25, 0.3) is 0 Å². The molecule has 1 aliphatic rings. The Morgan fingerprint density at radius 2 is 2.17 bits per heavy atom. The van der Waals surface area contributed by atoms with E-state index in [2.05, 4.69) is 22.0 Å². The van der Waals surface area contributed by atoms with Crippen LogP contribution in [0.2, 0.25) is 0 Å². The fourth-order valence-corrected chi connectivity index (χ4v) is 2.42. The minimum atomic E-state index is 0.647. The number of hydrogen-bond donors (Lipinski definition) is 0. The lowest BCUT2D eigenvalue weighted by Gasteiger charge is -2.30. The van der Waals surface area contributed by atoms with Gasteiger partial charge in [-0.05, 0) is 38.4 Å². The normalized spacial score (nSPS) is 18.3. The Hall–Kier alpha value is -0.940. The van der Waals surface area contributed by atoms with Gasteiger partial charge in [0.05, 0.1) is 6.61 Å². The summed E-state index contributed by atoms with van der Waals surface area (Å²) in [4.78, 5) is 6.90. The molecule has 1 fully saturated rings. The van der Waals surface area contributed by atoms with E-state index >= 15 is 0 Å². The van der Waals surface area contributed by atoms with E-state index in [1.807, 2.05) is 0 Å². The predicted octanol–water partition coefficient (Wildman–Crippen LogP) is 1.53. The van der Waals surface area contributed by atoms with Gasteiger partial charge in [-0.1, -0.05) is 12.1 Å². The summed E-state index contributed by atoms with van der Waals surface area (Å²) in [5.74, 6) is 2.25. The van der Waals surface area contributed by atoms with Crippen molar-refractivity contribution in [3.63, 3.8) is 0 Å². The summed E-state index contributed by atoms with van der Waals surface area (Å²) in [6.45, 7) is 6.43. The highest BCUT2D eigenvalue weighted by Gasteiger charge is 2.20. The van der Waals surface area contributed by atoms with Gasteiger partial charge in [0.1, 0.15) is 0 Å². The van der Waals surface area contributed by atoms with Crippen LogP contribution in [0.4, 0.5) is 0 Å². The monoisotopic (exact) mass is 253 g/mol. The van der Waals surface area contributed by atoms with E-state index in [1.54, 1.807) is 7.11 Å². The van der Waals surface area contributed by atoms with Gasteiger partial charge in [-0.15, -0.1) is 0 Å². The van der Waals surface area contributed by atoms with Crippen LogP contribution in [0.15, 0.2) is 4.52 Å². The topological polar surface area (TPSA) is 51.4 Å². The molecule has 1 aromatic rings. The van der Waals surface area contributed by atoms with Gasteiger partial charge >= 0.3 is 0 Å². The summed E-state index contributed by atoms with van der Waals surface area (Å²) in [5.41, 5.74) is 0. The van der Waals surface area contributed by atoms with Crippen molar-refractivity contribution in [2.24, 2.45) is 5.92 Å². The molecule has 0 N–H and O–H groups in total. The van der Waals surface area contributed by atoms with Gasteiger partial charge in [-0.3, -0.25) is 0 Å². The van der Waals surface area contributed by atoms with Crippen LogP contribution in [0.25, 0.3) is 0 Å². The third-order valence-corrected chi connectivity index (χ3v) is 3.66. The van der Waals surface area contributed by atoms with Crippen LogP contribution in [-0.4, -0.2) is 48.4 Å². The Morgan fingerprint density at radius 1 is 1.39 bits per heavy atom. The van der Waals surface area contributed by atoms with Gasteiger partial charge in [0, 0.05) is 20.0 Å². The van der Waals surface area contributed by atoms with Crippen LogP contribution in [0.3, 0.4) is 0 Å². The Balaban J connectivity index is 1.77. The van der Waals surface area contributed by atoms with Crippen LogP contribution in [0, 0.1) is 5.92 Å². The Morgan fingerprint density at radius 3 is 2.83 bits per heavy atom. The summed E-state index contributed by atoms with van der Waals surface area (Å²) in [7, 11) is 1.68. The third-order valence-electron chi connectivity index (χ3n) is 3.66. The average Bonchev–Trinajstić information content (AvgIpc) is 2.85. The number of likely N-dealkylation sites (tertiary alicyclic amines) is 1. The second kappa shape index (κ2) is 6.85. The number of methoxy groups -OCH3 is 1. The van der Waals surface area contributed by atoms with E-state index in [1.165, 1.54) is 25.9 Å². The van der Waals surface area contributed by atoms with E-state index in [-0.39, 0.29) is 0 Å². The van der Waals surface area contributed by atoms with Crippen molar-refractivity contribution in [1.29, 1.82) is 0 Å². The first-order valence-corrected chi connectivity index (χ1v) is 6.84. The van der Waals surface area contributed by atoms with E-state index in [9.17, 15) is 0 Å². The molecule has 0 atom stereocenters. The van der Waals surface area contributed by atoms with Crippen molar-refractivity contribution in [3.05, 3.63) is 11.7 Å². The van der Waals surface area contributed by atoms with Gasteiger partial charge in [-0.25, -0.2) is 0 Å². The molecule has 2 heterocycles. The predicted molar refractivity (Wildman–Crippen MR) is 68.4 cm³/mol. The van der Waals surface area contributed by atoms with Crippen molar-refractivity contribution in [2.75, 3.05) is 33.4 Å².